The van der Waals surface area contributed by atoms with Gasteiger partial charge in [-0.3, -0.25) is 4.79 Å². The quantitative estimate of drug-likeness (QED) is 0.828. The van der Waals surface area contributed by atoms with Gasteiger partial charge in [0.25, 0.3) is 5.56 Å². The van der Waals surface area contributed by atoms with Gasteiger partial charge in [0.15, 0.2) is 0 Å². The highest BCUT2D eigenvalue weighted by Crippen LogP contribution is 2.12. The Morgan fingerprint density at radius 1 is 1.35 bits per heavy atom. The number of hydrogen-bond donors (Lipinski definition) is 0. The van der Waals surface area contributed by atoms with Crippen LogP contribution in [0.25, 0.3) is 0 Å². The highest BCUT2D eigenvalue weighted by Gasteiger charge is 1.99. The van der Waals surface area contributed by atoms with Crippen molar-refractivity contribution < 1.29 is 4.74 Å². The van der Waals surface area contributed by atoms with Gasteiger partial charge in [-0.05, 0) is 30.2 Å². The summed E-state index contributed by atoms with van der Waals surface area (Å²) in [7, 11) is 0. The van der Waals surface area contributed by atoms with Crippen molar-refractivity contribution in [2.45, 2.75) is 19.9 Å². The average molecular weight is 269 g/mol. The van der Waals surface area contributed by atoms with E-state index in [1.54, 1.807) is 12.3 Å². The molecule has 5 nitrogen and oxygen atoms in total. The van der Waals surface area contributed by atoms with Crippen molar-refractivity contribution in [3.05, 3.63) is 58.0 Å². The van der Waals surface area contributed by atoms with Crippen LogP contribution in [-0.4, -0.2) is 16.4 Å². The minimum absolute atomic E-state index is 0.127. The molecule has 1 aromatic heterocycles. The van der Waals surface area contributed by atoms with Gasteiger partial charge in [-0.25, -0.2) is 4.68 Å². The minimum Gasteiger partial charge on any atom is -0.492 e. The van der Waals surface area contributed by atoms with Gasteiger partial charge >= 0.3 is 0 Å². The maximum absolute atomic E-state index is 11.6. The molecule has 5 heteroatoms. The van der Waals surface area contributed by atoms with E-state index in [0.29, 0.717) is 25.3 Å². The third kappa shape index (κ3) is 3.69. The monoisotopic (exact) mass is 269 g/mol. The van der Waals surface area contributed by atoms with Crippen LogP contribution in [0.1, 0.15) is 11.1 Å². The average Bonchev–Trinajstić information content (AvgIpc) is 2.43. The van der Waals surface area contributed by atoms with Gasteiger partial charge in [0.05, 0.1) is 25.2 Å². The van der Waals surface area contributed by atoms with Crippen LogP contribution >= 0.6 is 0 Å². The zero-order valence-corrected chi connectivity index (χ0v) is 11.2. The molecule has 0 aliphatic rings. The first-order valence-corrected chi connectivity index (χ1v) is 6.31. The van der Waals surface area contributed by atoms with Crippen molar-refractivity contribution >= 4 is 0 Å². The topological polar surface area (TPSA) is 67.9 Å². The fourth-order valence-electron chi connectivity index (χ4n) is 1.74. The SMILES string of the molecule is Cc1cnn(CCOc2ccc(CC#N)cc2)c(=O)c1. The Labute approximate surface area is 117 Å². The number of ether oxygens (including phenoxy) is 1. The minimum atomic E-state index is -0.127. The summed E-state index contributed by atoms with van der Waals surface area (Å²) in [6.07, 6.45) is 2.04. The van der Waals surface area contributed by atoms with E-state index in [-0.39, 0.29) is 5.56 Å². The van der Waals surface area contributed by atoms with Crippen LogP contribution in [0.5, 0.6) is 5.75 Å². The van der Waals surface area contributed by atoms with Gasteiger partial charge in [0.2, 0.25) is 0 Å². The van der Waals surface area contributed by atoms with Crippen molar-refractivity contribution in [3.63, 3.8) is 0 Å². The van der Waals surface area contributed by atoms with Gasteiger partial charge in [-0.2, -0.15) is 10.4 Å². The zero-order valence-electron chi connectivity index (χ0n) is 11.2. The molecular formula is C15H15N3O2. The lowest BCUT2D eigenvalue weighted by Crippen LogP contribution is -2.25. The molecule has 0 fully saturated rings. The van der Waals surface area contributed by atoms with Crippen molar-refractivity contribution in [1.82, 2.24) is 9.78 Å². The third-order valence-corrected chi connectivity index (χ3v) is 2.78. The van der Waals surface area contributed by atoms with Gasteiger partial charge in [0, 0.05) is 6.07 Å². The summed E-state index contributed by atoms with van der Waals surface area (Å²) in [5, 5.41) is 12.6. The summed E-state index contributed by atoms with van der Waals surface area (Å²) >= 11 is 0. The summed E-state index contributed by atoms with van der Waals surface area (Å²) in [4.78, 5) is 11.6. The molecule has 1 aromatic carbocycles. The van der Waals surface area contributed by atoms with Gasteiger partial charge in [-0.15, -0.1) is 0 Å². The van der Waals surface area contributed by atoms with Crippen LogP contribution < -0.4 is 10.3 Å². The third-order valence-electron chi connectivity index (χ3n) is 2.78. The van der Waals surface area contributed by atoms with Crippen LogP contribution in [0.15, 0.2) is 41.3 Å². The summed E-state index contributed by atoms with van der Waals surface area (Å²) in [5.41, 5.74) is 1.68. The number of nitriles is 1. The van der Waals surface area contributed by atoms with Crippen molar-refractivity contribution in [2.24, 2.45) is 0 Å². The second-order valence-corrected chi connectivity index (χ2v) is 4.42. The summed E-state index contributed by atoms with van der Waals surface area (Å²) in [6, 6.07) is 11.0. The molecular weight excluding hydrogens is 254 g/mol. The standard InChI is InChI=1S/C15H15N3O2/c1-12-10-15(19)18(17-11-12)8-9-20-14-4-2-13(3-5-14)6-7-16/h2-5,10-11H,6,8-9H2,1H3. The van der Waals surface area contributed by atoms with Crippen molar-refractivity contribution in [1.29, 1.82) is 5.26 Å². The zero-order chi connectivity index (χ0) is 14.4. The van der Waals surface area contributed by atoms with E-state index in [4.69, 9.17) is 10.00 Å². The Hall–Kier alpha value is -2.61. The highest BCUT2D eigenvalue weighted by atomic mass is 16.5. The molecule has 0 saturated carbocycles. The molecule has 0 bridgehead atoms. The Morgan fingerprint density at radius 2 is 2.10 bits per heavy atom. The molecule has 0 aliphatic heterocycles. The van der Waals surface area contributed by atoms with E-state index in [1.807, 2.05) is 31.2 Å². The molecule has 0 aliphatic carbocycles. The van der Waals surface area contributed by atoms with Crippen LogP contribution in [0, 0.1) is 18.3 Å². The number of hydrogen-bond acceptors (Lipinski definition) is 4. The fraction of sp³-hybridized carbons (Fsp3) is 0.267. The van der Waals surface area contributed by atoms with Gasteiger partial charge in [0.1, 0.15) is 12.4 Å². The lowest BCUT2D eigenvalue weighted by atomic mass is 10.2. The lowest BCUT2D eigenvalue weighted by Gasteiger charge is -2.07. The first-order chi connectivity index (χ1) is 9.69. The molecule has 2 rings (SSSR count). The Morgan fingerprint density at radius 3 is 2.75 bits per heavy atom. The first-order valence-electron chi connectivity index (χ1n) is 6.31. The van der Waals surface area contributed by atoms with Crippen LogP contribution in [0.4, 0.5) is 0 Å². The first kappa shape index (κ1) is 13.8. The number of aryl methyl sites for hydroxylation is 1. The second kappa shape index (κ2) is 6.53. The molecule has 0 atom stereocenters. The number of nitrogens with zero attached hydrogens (tertiary/aromatic N) is 3. The van der Waals surface area contributed by atoms with Crippen LogP contribution in [-0.2, 0) is 13.0 Å². The molecule has 0 N–H and O–H groups in total. The lowest BCUT2D eigenvalue weighted by molar-refractivity contribution is 0.287. The molecule has 20 heavy (non-hydrogen) atoms. The molecule has 102 valence electrons. The molecule has 0 spiro atoms. The van der Waals surface area contributed by atoms with E-state index in [9.17, 15) is 4.79 Å². The molecule has 0 amide bonds. The van der Waals surface area contributed by atoms with Crippen molar-refractivity contribution in [2.75, 3.05) is 6.61 Å². The number of rotatable bonds is 5. The van der Waals surface area contributed by atoms with E-state index in [2.05, 4.69) is 11.2 Å². The number of benzene rings is 1. The predicted molar refractivity (Wildman–Crippen MR) is 74.5 cm³/mol. The highest BCUT2D eigenvalue weighted by molar-refractivity contribution is 5.28. The smallest absolute Gasteiger partial charge is 0.267 e. The normalized spacial score (nSPS) is 10.0. The maximum atomic E-state index is 11.6. The molecule has 0 saturated heterocycles. The van der Waals surface area contributed by atoms with Crippen LogP contribution in [0.3, 0.4) is 0 Å². The second-order valence-electron chi connectivity index (χ2n) is 4.42. The Balaban J connectivity index is 1.89. The molecule has 0 radical (unpaired) electrons. The predicted octanol–water partition coefficient (Wildman–Crippen LogP) is 1.70. The fourth-order valence-corrected chi connectivity index (χ4v) is 1.74. The Kier molecular flexibility index (Phi) is 4.51. The van der Waals surface area contributed by atoms with E-state index in [1.165, 1.54) is 4.68 Å². The maximum Gasteiger partial charge on any atom is 0.267 e. The van der Waals surface area contributed by atoms with Crippen molar-refractivity contribution in [3.8, 4) is 11.8 Å². The summed E-state index contributed by atoms with van der Waals surface area (Å²) in [5.74, 6) is 0.715. The Bertz CT molecular complexity index is 669. The molecule has 1 heterocycles. The van der Waals surface area contributed by atoms with E-state index >= 15 is 0 Å². The summed E-state index contributed by atoms with van der Waals surface area (Å²) in [6.45, 7) is 2.60. The largest absolute Gasteiger partial charge is 0.492 e. The molecule has 0 unspecified atom stereocenters. The van der Waals surface area contributed by atoms with E-state index < -0.39 is 0 Å². The van der Waals surface area contributed by atoms with E-state index in [0.717, 1.165) is 11.1 Å². The summed E-state index contributed by atoms with van der Waals surface area (Å²) < 4.78 is 6.92. The van der Waals surface area contributed by atoms with Gasteiger partial charge in [-0.1, -0.05) is 12.1 Å². The van der Waals surface area contributed by atoms with Gasteiger partial charge < -0.3 is 4.74 Å². The molecule has 2 aromatic rings. The number of aromatic nitrogens is 2. The van der Waals surface area contributed by atoms with Crippen LogP contribution in [0.2, 0.25) is 0 Å².